The van der Waals surface area contributed by atoms with Crippen LogP contribution in [-0.4, -0.2) is 35.1 Å². The summed E-state index contributed by atoms with van der Waals surface area (Å²) in [4.78, 5) is 13.9. The van der Waals surface area contributed by atoms with Crippen LogP contribution < -0.4 is 20.5 Å². The highest BCUT2D eigenvalue weighted by Crippen LogP contribution is 2.29. The van der Waals surface area contributed by atoms with E-state index in [9.17, 15) is 4.79 Å². The van der Waals surface area contributed by atoms with Gasteiger partial charge in [-0.1, -0.05) is 6.07 Å². The predicted molar refractivity (Wildman–Crippen MR) is 82.8 cm³/mol. The van der Waals surface area contributed by atoms with E-state index in [4.69, 9.17) is 9.47 Å². The minimum absolute atomic E-state index is 0.159. The Hall–Kier alpha value is -2.90. The van der Waals surface area contributed by atoms with E-state index >= 15 is 0 Å². The molecule has 2 rings (SSSR count). The fourth-order valence-electron chi connectivity index (χ4n) is 1.73. The van der Waals surface area contributed by atoms with Crippen molar-refractivity contribution < 1.29 is 9.47 Å². The summed E-state index contributed by atoms with van der Waals surface area (Å²) in [6.07, 6.45) is 1.54. The molecule has 0 atom stereocenters. The molecule has 2 aromatic rings. The Labute approximate surface area is 127 Å². The van der Waals surface area contributed by atoms with Gasteiger partial charge in [0.2, 0.25) is 5.95 Å². The van der Waals surface area contributed by atoms with Crippen LogP contribution in [0.2, 0.25) is 0 Å². The molecular weight excluding hydrogens is 286 g/mol. The third-order valence-corrected chi connectivity index (χ3v) is 2.75. The molecule has 0 aliphatic heterocycles. The Balaban J connectivity index is 2.17. The lowest BCUT2D eigenvalue weighted by molar-refractivity contribution is 0.311. The first-order valence-electron chi connectivity index (χ1n) is 6.68. The lowest BCUT2D eigenvalue weighted by Gasteiger charge is -2.11. The van der Waals surface area contributed by atoms with Gasteiger partial charge in [-0.25, -0.2) is 5.43 Å². The van der Waals surface area contributed by atoms with Gasteiger partial charge in [-0.15, -0.1) is 10.2 Å². The molecule has 0 saturated heterocycles. The Morgan fingerprint density at radius 1 is 1.41 bits per heavy atom. The number of hydrazone groups is 1. The first-order valence-corrected chi connectivity index (χ1v) is 6.68. The van der Waals surface area contributed by atoms with Gasteiger partial charge in [0.1, 0.15) is 5.69 Å². The summed E-state index contributed by atoms with van der Waals surface area (Å²) in [6.45, 7) is 4.01. The van der Waals surface area contributed by atoms with E-state index in [-0.39, 0.29) is 11.5 Å². The third-order valence-electron chi connectivity index (χ3n) is 2.75. The smallest absolute Gasteiger partial charge is 0.274 e. The molecule has 22 heavy (non-hydrogen) atoms. The van der Waals surface area contributed by atoms with Gasteiger partial charge in [-0.05, 0) is 26.0 Å². The normalized spacial score (nSPS) is 10.7. The molecule has 1 heterocycles. The molecule has 1 aromatic heterocycles. The number of aromatic amines is 1. The maximum Gasteiger partial charge on any atom is 0.274 e. The summed E-state index contributed by atoms with van der Waals surface area (Å²) in [5.41, 5.74) is 3.31. The lowest BCUT2D eigenvalue weighted by atomic mass is 10.2. The second-order valence-electron chi connectivity index (χ2n) is 4.27. The van der Waals surface area contributed by atoms with Crippen molar-refractivity contribution in [1.29, 1.82) is 0 Å². The van der Waals surface area contributed by atoms with Gasteiger partial charge in [0, 0.05) is 5.56 Å². The summed E-state index contributed by atoms with van der Waals surface area (Å²) in [5, 5.41) is 11.5. The molecule has 2 N–H and O–H groups in total. The molecule has 0 unspecified atom stereocenters. The SMILES string of the molecule is CCOc1cccc(/C=N/Nc2nnc(C)c(=O)[nH]2)c1OC. The second kappa shape index (κ2) is 7.21. The number of hydrogen-bond donors (Lipinski definition) is 2. The highest BCUT2D eigenvalue weighted by molar-refractivity contribution is 5.85. The molecule has 0 aliphatic rings. The van der Waals surface area contributed by atoms with E-state index in [1.54, 1.807) is 20.2 Å². The number of rotatable bonds is 6. The molecule has 0 spiro atoms. The number of aromatic nitrogens is 3. The van der Waals surface area contributed by atoms with Crippen LogP contribution in [0.5, 0.6) is 11.5 Å². The molecule has 0 aliphatic carbocycles. The summed E-state index contributed by atoms with van der Waals surface area (Å²) in [7, 11) is 1.56. The summed E-state index contributed by atoms with van der Waals surface area (Å²) < 4.78 is 10.8. The van der Waals surface area contributed by atoms with E-state index < -0.39 is 0 Å². The van der Waals surface area contributed by atoms with E-state index in [1.165, 1.54) is 0 Å². The van der Waals surface area contributed by atoms with Crippen LogP contribution in [0.1, 0.15) is 18.2 Å². The van der Waals surface area contributed by atoms with Crippen LogP contribution in [0, 0.1) is 6.92 Å². The molecule has 116 valence electrons. The lowest BCUT2D eigenvalue weighted by Crippen LogP contribution is -2.15. The number of para-hydroxylation sites is 1. The molecule has 0 bridgehead atoms. The average Bonchev–Trinajstić information content (AvgIpc) is 2.51. The van der Waals surface area contributed by atoms with Crippen LogP contribution in [0.3, 0.4) is 0 Å². The Kier molecular flexibility index (Phi) is 5.07. The first-order chi connectivity index (χ1) is 10.7. The summed E-state index contributed by atoms with van der Waals surface area (Å²) >= 11 is 0. The van der Waals surface area contributed by atoms with E-state index in [2.05, 4.69) is 25.7 Å². The number of nitrogens with one attached hydrogen (secondary N) is 2. The maximum atomic E-state index is 11.4. The average molecular weight is 303 g/mol. The van der Waals surface area contributed by atoms with Gasteiger partial charge >= 0.3 is 0 Å². The number of ether oxygens (including phenoxy) is 2. The van der Waals surface area contributed by atoms with Crippen molar-refractivity contribution in [2.75, 3.05) is 19.1 Å². The number of H-pyrrole nitrogens is 1. The molecule has 0 fully saturated rings. The quantitative estimate of drug-likeness (QED) is 0.616. The van der Waals surface area contributed by atoms with Crippen LogP contribution in [0.4, 0.5) is 5.95 Å². The Morgan fingerprint density at radius 2 is 2.23 bits per heavy atom. The van der Waals surface area contributed by atoms with Crippen molar-refractivity contribution in [3.05, 3.63) is 39.8 Å². The van der Waals surface area contributed by atoms with Crippen molar-refractivity contribution in [3.8, 4) is 11.5 Å². The third kappa shape index (κ3) is 3.60. The van der Waals surface area contributed by atoms with Crippen molar-refractivity contribution in [1.82, 2.24) is 15.2 Å². The largest absolute Gasteiger partial charge is 0.492 e. The van der Waals surface area contributed by atoms with Gasteiger partial charge in [-0.3, -0.25) is 9.78 Å². The molecular formula is C14H17N5O3. The van der Waals surface area contributed by atoms with Gasteiger partial charge in [-0.2, -0.15) is 5.10 Å². The number of nitrogens with zero attached hydrogens (tertiary/aromatic N) is 3. The van der Waals surface area contributed by atoms with Gasteiger partial charge in [0.05, 0.1) is 19.9 Å². The molecule has 8 nitrogen and oxygen atoms in total. The fraction of sp³-hybridized carbons (Fsp3) is 0.286. The highest BCUT2D eigenvalue weighted by atomic mass is 16.5. The molecule has 8 heteroatoms. The number of methoxy groups -OCH3 is 1. The number of anilines is 1. The standard InChI is InChI=1S/C14H17N5O3/c1-4-22-11-7-5-6-10(12(11)21-3)8-15-18-14-16-13(20)9(2)17-19-14/h5-8H,4H2,1-3H3,(H2,16,18,19,20)/b15-8+. The first kappa shape index (κ1) is 15.5. The summed E-state index contributed by atoms with van der Waals surface area (Å²) in [6, 6.07) is 5.48. The van der Waals surface area contributed by atoms with Crippen molar-refractivity contribution >= 4 is 12.2 Å². The minimum Gasteiger partial charge on any atom is -0.492 e. The zero-order valence-electron chi connectivity index (χ0n) is 12.6. The fourth-order valence-corrected chi connectivity index (χ4v) is 1.73. The van der Waals surface area contributed by atoms with Crippen LogP contribution in [0.15, 0.2) is 28.1 Å². The maximum absolute atomic E-state index is 11.4. The minimum atomic E-state index is -0.316. The van der Waals surface area contributed by atoms with Crippen LogP contribution in [-0.2, 0) is 0 Å². The van der Waals surface area contributed by atoms with Gasteiger partial charge < -0.3 is 9.47 Å². The Morgan fingerprint density at radius 3 is 2.91 bits per heavy atom. The van der Waals surface area contributed by atoms with Crippen molar-refractivity contribution in [3.63, 3.8) is 0 Å². The monoisotopic (exact) mass is 303 g/mol. The zero-order chi connectivity index (χ0) is 15.9. The van der Waals surface area contributed by atoms with Crippen LogP contribution >= 0.6 is 0 Å². The van der Waals surface area contributed by atoms with E-state index in [0.717, 1.165) is 5.56 Å². The van der Waals surface area contributed by atoms with Crippen LogP contribution in [0.25, 0.3) is 0 Å². The molecule has 0 radical (unpaired) electrons. The van der Waals surface area contributed by atoms with E-state index in [1.807, 2.05) is 25.1 Å². The predicted octanol–water partition coefficient (Wildman–Crippen LogP) is 1.33. The van der Waals surface area contributed by atoms with Crippen molar-refractivity contribution in [2.24, 2.45) is 5.10 Å². The second-order valence-corrected chi connectivity index (χ2v) is 4.27. The summed E-state index contributed by atoms with van der Waals surface area (Å²) in [5.74, 6) is 1.38. The number of aryl methyl sites for hydroxylation is 1. The number of hydrogen-bond acceptors (Lipinski definition) is 7. The van der Waals surface area contributed by atoms with Crippen molar-refractivity contribution in [2.45, 2.75) is 13.8 Å². The highest BCUT2D eigenvalue weighted by Gasteiger charge is 2.08. The van der Waals surface area contributed by atoms with Gasteiger partial charge in [0.25, 0.3) is 5.56 Å². The molecule has 1 aromatic carbocycles. The Bertz CT molecular complexity index is 727. The van der Waals surface area contributed by atoms with Gasteiger partial charge in [0.15, 0.2) is 11.5 Å². The topological polar surface area (TPSA) is 101 Å². The molecule has 0 saturated carbocycles. The number of benzene rings is 1. The van der Waals surface area contributed by atoms with E-state index in [0.29, 0.717) is 23.8 Å². The zero-order valence-corrected chi connectivity index (χ0v) is 12.6. The molecule has 0 amide bonds.